The average Bonchev–Trinajstić information content (AvgIpc) is 2.79. The summed E-state index contributed by atoms with van der Waals surface area (Å²) in [7, 11) is 2.03. The van der Waals surface area contributed by atoms with Crippen molar-refractivity contribution in [2.45, 2.75) is 12.5 Å². The Bertz CT molecular complexity index is 797. The van der Waals surface area contributed by atoms with Gasteiger partial charge in [0.25, 0.3) is 0 Å². The van der Waals surface area contributed by atoms with Crippen LogP contribution >= 0.6 is 34.2 Å². The first-order valence-corrected chi connectivity index (χ1v) is 8.13. The Morgan fingerprint density at radius 3 is 2.76 bits per heavy atom. The number of fused-ring (bicyclic) bond motifs is 1. The molecule has 0 saturated heterocycles. The van der Waals surface area contributed by atoms with E-state index in [1.807, 2.05) is 43.4 Å². The first-order chi connectivity index (χ1) is 10.1. The van der Waals surface area contributed by atoms with Crippen LogP contribution in [0.5, 0.6) is 0 Å². The number of halogens is 2. The first-order valence-electron chi connectivity index (χ1n) is 6.67. The summed E-state index contributed by atoms with van der Waals surface area (Å²) in [6.45, 7) is 0. The van der Waals surface area contributed by atoms with Crippen molar-refractivity contribution in [2.75, 3.05) is 0 Å². The van der Waals surface area contributed by atoms with Gasteiger partial charge >= 0.3 is 0 Å². The highest BCUT2D eigenvalue weighted by atomic mass is 127. The number of para-hydroxylation sites is 2. The average molecular weight is 412 g/mol. The number of hydrogen-bond acceptors (Lipinski definition) is 2. The van der Waals surface area contributed by atoms with Crippen molar-refractivity contribution < 1.29 is 0 Å². The molecule has 0 aliphatic rings. The summed E-state index contributed by atoms with van der Waals surface area (Å²) in [6.07, 6.45) is 0.683. The summed E-state index contributed by atoms with van der Waals surface area (Å²) >= 11 is 8.39. The summed E-state index contributed by atoms with van der Waals surface area (Å²) in [4.78, 5) is 4.67. The lowest BCUT2D eigenvalue weighted by atomic mass is 10.0. The molecule has 108 valence electrons. The van der Waals surface area contributed by atoms with Crippen molar-refractivity contribution in [1.82, 2.24) is 9.55 Å². The zero-order valence-electron chi connectivity index (χ0n) is 11.6. The molecule has 1 aromatic heterocycles. The van der Waals surface area contributed by atoms with Crippen molar-refractivity contribution >= 4 is 45.2 Å². The minimum absolute atomic E-state index is 0.116. The van der Waals surface area contributed by atoms with Crippen molar-refractivity contribution in [2.24, 2.45) is 12.8 Å². The molecule has 0 saturated carbocycles. The first kappa shape index (κ1) is 14.8. The van der Waals surface area contributed by atoms with Gasteiger partial charge in [-0.1, -0.05) is 29.8 Å². The minimum atomic E-state index is -0.116. The third-order valence-corrected chi connectivity index (χ3v) is 5.23. The van der Waals surface area contributed by atoms with E-state index in [9.17, 15) is 0 Å². The van der Waals surface area contributed by atoms with Gasteiger partial charge in [0.15, 0.2) is 0 Å². The van der Waals surface area contributed by atoms with E-state index < -0.39 is 0 Å². The van der Waals surface area contributed by atoms with Gasteiger partial charge in [0.2, 0.25) is 0 Å². The second-order valence-electron chi connectivity index (χ2n) is 5.06. The van der Waals surface area contributed by atoms with Gasteiger partial charge in [0.1, 0.15) is 5.82 Å². The molecule has 0 aliphatic heterocycles. The molecule has 0 spiro atoms. The van der Waals surface area contributed by atoms with E-state index in [0.29, 0.717) is 6.42 Å². The quantitative estimate of drug-likeness (QED) is 0.660. The third-order valence-electron chi connectivity index (χ3n) is 3.65. The highest BCUT2D eigenvalue weighted by molar-refractivity contribution is 14.1. The standard InChI is InChI=1S/C16H15ClIN3/c1-21-15-5-3-2-4-14(15)20-16(21)9-13(19)10-6-7-12(18)11(17)8-10/h2-8,13H,9,19H2,1H3. The lowest BCUT2D eigenvalue weighted by Gasteiger charge is -2.13. The summed E-state index contributed by atoms with van der Waals surface area (Å²) < 4.78 is 3.14. The number of benzene rings is 2. The van der Waals surface area contributed by atoms with E-state index in [1.165, 1.54) is 0 Å². The Hall–Kier alpha value is -1.11. The topological polar surface area (TPSA) is 43.8 Å². The third kappa shape index (κ3) is 2.93. The second kappa shape index (κ2) is 5.94. The fraction of sp³-hybridized carbons (Fsp3) is 0.188. The molecule has 1 atom stereocenters. The summed E-state index contributed by atoms with van der Waals surface area (Å²) in [5.74, 6) is 0.985. The maximum absolute atomic E-state index is 6.32. The Morgan fingerprint density at radius 1 is 1.29 bits per heavy atom. The van der Waals surface area contributed by atoms with Crippen LogP contribution < -0.4 is 5.73 Å². The van der Waals surface area contributed by atoms with Crippen molar-refractivity contribution in [3.63, 3.8) is 0 Å². The van der Waals surface area contributed by atoms with Gasteiger partial charge in [-0.25, -0.2) is 4.98 Å². The van der Waals surface area contributed by atoms with Crippen molar-refractivity contribution in [1.29, 1.82) is 0 Å². The summed E-state index contributed by atoms with van der Waals surface area (Å²) in [5.41, 5.74) is 9.48. The molecule has 3 nitrogen and oxygen atoms in total. The van der Waals surface area contributed by atoms with E-state index in [-0.39, 0.29) is 6.04 Å². The molecular weight excluding hydrogens is 397 g/mol. The highest BCUT2D eigenvalue weighted by Crippen LogP contribution is 2.25. The van der Waals surface area contributed by atoms with Crippen molar-refractivity contribution in [3.8, 4) is 0 Å². The molecular formula is C16H15ClIN3. The molecule has 0 bridgehead atoms. The highest BCUT2D eigenvalue weighted by Gasteiger charge is 2.14. The largest absolute Gasteiger partial charge is 0.331 e. The summed E-state index contributed by atoms with van der Waals surface area (Å²) in [6, 6.07) is 14.0. The van der Waals surface area contributed by atoms with E-state index in [0.717, 1.165) is 31.0 Å². The SMILES string of the molecule is Cn1c(CC(N)c2ccc(I)c(Cl)c2)nc2ccccc21. The Balaban J connectivity index is 1.90. The fourth-order valence-electron chi connectivity index (χ4n) is 2.44. The lowest BCUT2D eigenvalue weighted by molar-refractivity contribution is 0.665. The van der Waals surface area contributed by atoms with E-state index in [4.69, 9.17) is 17.3 Å². The van der Waals surface area contributed by atoms with Crippen LogP contribution in [0, 0.1) is 3.57 Å². The maximum atomic E-state index is 6.32. The minimum Gasteiger partial charge on any atom is -0.331 e. The monoisotopic (exact) mass is 411 g/mol. The molecule has 1 heterocycles. The predicted octanol–water partition coefficient (Wildman–Crippen LogP) is 4.07. The number of rotatable bonds is 3. The number of aromatic nitrogens is 2. The maximum Gasteiger partial charge on any atom is 0.111 e. The number of hydrogen-bond donors (Lipinski definition) is 1. The summed E-state index contributed by atoms with van der Waals surface area (Å²) in [5, 5.41) is 0.744. The van der Waals surface area contributed by atoms with Crippen LogP contribution in [0.25, 0.3) is 11.0 Å². The van der Waals surface area contributed by atoms with Gasteiger partial charge in [0, 0.05) is 23.1 Å². The number of imidazole rings is 1. The molecule has 3 rings (SSSR count). The second-order valence-corrected chi connectivity index (χ2v) is 6.63. The molecule has 0 fully saturated rings. The lowest BCUT2D eigenvalue weighted by Crippen LogP contribution is -2.16. The zero-order chi connectivity index (χ0) is 15.0. The Morgan fingerprint density at radius 2 is 2.05 bits per heavy atom. The zero-order valence-corrected chi connectivity index (χ0v) is 14.5. The molecule has 21 heavy (non-hydrogen) atoms. The molecule has 3 aromatic rings. The number of nitrogens with two attached hydrogens (primary N) is 1. The van der Waals surface area contributed by atoms with E-state index in [2.05, 4.69) is 38.2 Å². The van der Waals surface area contributed by atoms with Crippen LogP contribution in [0.15, 0.2) is 42.5 Å². The van der Waals surface area contributed by atoms with Gasteiger partial charge in [-0.3, -0.25) is 0 Å². The number of nitrogens with zero attached hydrogens (tertiary/aromatic N) is 2. The van der Waals surface area contributed by atoms with Gasteiger partial charge in [-0.05, 0) is 52.4 Å². The van der Waals surface area contributed by atoms with Crippen molar-refractivity contribution in [3.05, 3.63) is 62.4 Å². The molecule has 5 heteroatoms. The Labute approximate surface area is 142 Å². The van der Waals surface area contributed by atoms with Crippen LogP contribution in [0.4, 0.5) is 0 Å². The number of aryl methyl sites for hydroxylation is 1. The van der Waals surface area contributed by atoms with Crippen LogP contribution in [-0.4, -0.2) is 9.55 Å². The van der Waals surface area contributed by atoms with Gasteiger partial charge < -0.3 is 10.3 Å². The van der Waals surface area contributed by atoms with Gasteiger partial charge in [-0.2, -0.15) is 0 Å². The molecule has 0 radical (unpaired) electrons. The molecule has 2 aromatic carbocycles. The molecule has 0 aliphatic carbocycles. The van der Waals surface area contributed by atoms with E-state index >= 15 is 0 Å². The van der Waals surface area contributed by atoms with Crippen LogP contribution in [0.2, 0.25) is 5.02 Å². The normalized spacial score (nSPS) is 12.8. The van der Waals surface area contributed by atoms with Crippen LogP contribution in [-0.2, 0) is 13.5 Å². The van der Waals surface area contributed by atoms with Crippen LogP contribution in [0.1, 0.15) is 17.4 Å². The van der Waals surface area contributed by atoms with E-state index in [1.54, 1.807) is 0 Å². The molecule has 1 unspecified atom stereocenters. The molecule has 2 N–H and O–H groups in total. The van der Waals surface area contributed by atoms with Crippen LogP contribution in [0.3, 0.4) is 0 Å². The fourth-order valence-corrected chi connectivity index (χ4v) is 2.96. The Kier molecular flexibility index (Phi) is 4.19. The van der Waals surface area contributed by atoms with Gasteiger partial charge in [0.05, 0.1) is 16.1 Å². The molecule has 0 amide bonds. The van der Waals surface area contributed by atoms with Gasteiger partial charge in [-0.15, -0.1) is 0 Å². The smallest absolute Gasteiger partial charge is 0.111 e. The predicted molar refractivity (Wildman–Crippen MR) is 95.5 cm³/mol.